The second kappa shape index (κ2) is 9.18. The maximum atomic E-state index is 12.6. The minimum Gasteiger partial charge on any atom is -0.481 e. The lowest BCUT2D eigenvalue weighted by Crippen LogP contribution is -2.19. The van der Waals surface area contributed by atoms with Gasteiger partial charge in [-0.05, 0) is 31.2 Å². The number of amides is 1. The number of nitrogens with one attached hydrogen (secondary N) is 2. The van der Waals surface area contributed by atoms with E-state index >= 15 is 0 Å². The summed E-state index contributed by atoms with van der Waals surface area (Å²) < 4.78 is 39.0. The van der Waals surface area contributed by atoms with Crippen LogP contribution in [0.15, 0.2) is 41.4 Å². The molecule has 0 radical (unpaired) electrons. The van der Waals surface area contributed by atoms with Gasteiger partial charge in [0.2, 0.25) is 11.8 Å². The molecule has 0 bridgehead atoms. The van der Waals surface area contributed by atoms with E-state index in [1.165, 1.54) is 49.2 Å². The standard InChI is InChI=1S/C18H19ClN6O5S/c1-11-14(19)9-25(23-11)10-16(26)20-12-4-6-13(7-5-12)31(27,28)24-15-8-17(29-2)22-18(21-15)30-3/h4-9H,10H2,1-3H3,(H,20,26)(H,21,22,24). The van der Waals surface area contributed by atoms with Crippen molar-refractivity contribution in [3.8, 4) is 11.9 Å². The highest BCUT2D eigenvalue weighted by atomic mass is 35.5. The molecule has 0 spiro atoms. The minimum atomic E-state index is -3.95. The van der Waals surface area contributed by atoms with Crippen LogP contribution in [0.5, 0.6) is 11.9 Å². The summed E-state index contributed by atoms with van der Waals surface area (Å²) >= 11 is 5.93. The second-order valence-electron chi connectivity index (χ2n) is 6.22. The normalized spacial score (nSPS) is 11.1. The zero-order chi connectivity index (χ0) is 22.6. The van der Waals surface area contributed by atoms with Crippen molar-refractivity contribution in [2.75, 3.05) is 24.3 Å². The number of benzene rings is 1. The molecule has 0 fully saturated rings. The Bertz CT molecular complexity index is 1150. The highest BCUT2D eigenvalue weighted by Gasteiger charge is 2.17. The van der Waals surface area contributed by atoms with E-state index in [1.807, 2.05) is 0 Å². The number of carbonyl (C=O) groups excluding carboxylic acids is 1. The lowest BCUT2D eigenvalue weighted by molar-refractivity contribution is -0.116. The summed E-state index contributed by atoms with van der Waals surface area (Å²) in [7, 11) is -1.22. The first kappa shape index (κ1) is 22.3. The monoisotopic (exact) mass is 466 g/mol. The van der Waals surface area contributed by atoms with Crippen molar-refractivity contribution in [2.45, 2.75) is 18.4 Å². The Labute approximate surface area is 183 Å². The average molecular weight is 467 g/mol. The molecule has 0 unspecified atom stereocenters. The molecule has 31 heavy (non-hydrogen) atoms. The highest BCUT2D eigenvalue weighted by Crippen LogP contribution is 2.21. The summed E-state index contributed by atoms with van der Waals surface area (Å²) in [6.07, 6.45) is 1.55. The van der Waals surface area contributed by atoms with Gasteiger partial charge >= 0.3 is 6.01 Å². The Kier molecular flexibility index (Phi) is 6.61. The molecule has 2 aromatic heterocycles. The number of hydrogen-bond acceptors (Lipinski definition) is 8. The lowest BCUT2D eigenvalue weighted by Gasteiger charge is -2.10. The molecule has 0 aliphatic carbocycles. The van der Waals surface area contributed by atoms with Gasteiger partial charge in [0.25, 0.3) is 10.0 Å². The predicted octanol–water partition coefficient (Wildman–Crippen LogP) is 2.09. The van der Waals surface area contributed by atoms with Gasteiger partial charge in [-0.1, -0.05) is 11.6 Å². The topological polar surface area (TPSA) is 137 Å². The number of halogens is 1. The largest absolute Gasteiger partial charge is 0.481 e. The van der Waals surface area contributed by atoms with Crippen molar-refractivity contribution >= 4 is 39.0 Å². The Morgan fingerprint density at radius 2 is 1.87 bits per heavy atom. The molecule has 3 rings (SSSR count). The minimum absolute atomic E-state index is 0.0192. The van der Waals surface area contributed by atoms with Gasteiger partial charge in [0.05, 0.1) is 29.8 Å². The van der Waals surface area contributed by atoms with Crippen molar-refractivity contribution in [3.63, 3.8) is 0 Å². The van der Waals surface area contributed by atoms with Crippen LogP contribution in [0.1, 0.15) is 5.69 Å². The summed E-state index contributed by atoms with van der Waals surface area (Å²) in [6, 6.07) is 6.90. The molecule has 13 heteroatoms. The van der Waals surface area contributed by atoms with Crippen molar-refractivity contribution in [2.24, 2.45) is 0 Å². The first-order valence-corrected chi connectivity index (χ1v) is 10.7. The Hall–Kier alpha value is -3.38. The van der Waals surface area contributed by atoms with E-state index < -0.39 is 10.0 Å². The lowest BCUT2D eigenvalue weighted by atomic mass is 10.3. The summed E-state index contributed by atoms with van der Waals surface area (Å²) in [5, 5.41) is 7.24. The van der Waals surface area contributed by atoms with Gasteiger partial charge in [-0.2, -0.15) is 15.1 Å². The van der Waals surface area contributed by atoms with E-state index in [-0.39, 0.29) is 35.1 Å². The fourth-order valence-electron chi connectivity index (χ4n) is 2.49. The summed E-state index contributed by atoms with van der Waals surface area (Å²) in [5.41, 5.74) is 1.04. The quantitative estimate of drug-likeness (QED) is 0.514. The maximum absolute atomic E-state index is 12.6. The van der Waals surface area contributed by atoms with Gasteiger partial charge in [0, 0.05) is 18.0 Å². The van der Waals surface area contributed by atoms with Gasteiger partial charge in [0.15, 0.2) is 5.82 Å². The van der Waals surface area contributed by atoms with Gasteiger partial charge in [-0.15, -0.1) is 0 Å². The number of sulfonamides is 1. The van der Waals surface area contributed by atoms with E-state index in [9.17, 15) is 13.2 Å². The molecule has 1 aromatic carbocycles. The van der Waals surface area contributed by atoms with Crippen LogP contribution >= 0.6 is 11.6 Å². The Morgan fingerprint density at radius 1 is 1.16 bits per heavy atom. The van der Waals surface area contributed by atoms with Gasteiger partial charge in [-0.3, -0.25) is 14.2 Å². The van der Waals surface area contributed by atoms with E-state index in [4.69, 9.17) is 21.1 Å². The molecule has 1 amide bonds. The number of anilines is 2. The third-order valence-corrected chi connectivity index (χ3v) is 5.69. The van der Waals surface area contributed by atoms with Crippen LogP contribution in [0.4, 0.5) is 11.5 Å². The fourth-order valence-corrected chi connectivity index (χ4v) is 3.63. The first-order chi connectivity index (χ1) is 14.7. The van der Waals surface area contributed by atoms with Crippen LogP contribution in [0.3, 0.4) is 0 Å². The second-order valence-corrected chi connectivity index (χ2v) is 8.31. The zero-order valence-corrected chi connectivity index (χ0v) is 18.4. The molecule has 3 aromatic rings. The van der Waals surface area contributed by atoms with Crippen LogP contribution in [0.25, 0.3) is 0 Å². The summed E-state index contributed by atoms with van der Waals surface area (Å²) in [4.78, 5) is 20.0. The molecule has 0 saturated heterocycles. The van der Waals surface area contributed by atoms with Gasteiger partial charge < -0.3 is 14.8 Å². The maximum Gasteiger partial charge on any atom is 0.321 e. The third-order valence-electron chi connectivity index (χ3n) is 3.95. The molecule has 0 aliphatic heterocycles. The predicted molar refractivity (Wildman–Crippen MR) is 113 cm³/mol. The van der Waals surface area contributed by atoms with E-state index in [0.717, 1.165) is 0 Å². The van der Waals surface area contributed by atoms with Crippen molar-refractivity contribution in [1.29, 1.82) is 0 Å². The van der Waals surface area contributed by atoms with Crippen LogP contribution < -0.4 is 19.5 Å². The summed E-state index contributed by atoms with van der Waals surface area (Å²) in [6.45, 7) is 1.70. The summed E-state index contributed by atoms with van der Waals surface area (Å²) in [5.74, 6) is -0.224. The number of methoxy groups -OCH3 is 2. The number of carbonyl (C=O) groups is 1. The number of aryl methyl sites for hydroxylation is 1. The van der Waals surface area contributed by atoms with Crippen molar-refractivity contribution < 1.29 is 22.7 Å². The molecule has 0 atom stereocenters. The number of aromatic nitrogens is 4. The van der Waals surface area contributed by atoms with Crippen molar-refractivity contribution in [3.05, 3.63) is 47.2 Å². The third kappa shape index (κ3) is 5.61. The molecule has 0 aliphatic rings. The number of rotatable bonds is 8. The fraction of sp³-hybridized carbons (Fsp3) is 0.222. The Morgan fingerprint density at radius 3 is 2.45 bits per heavy atom. The van der Waals surface area contributed by atoms with Crippen molar-refractivity contribution in [1.82, 2.24) is 19.7 Å². The molecule has 164 valence electrons. The molecule has 2 N–H and O–H groups in total. The molecular formula is C18H19ClN6O5S. The molecule has 0 saturated carbocycles. The van der Waals surface area contributed by atoms with E-state index in [1.54, 1.807) is 13.1 Å². The van der Waals surface area contributed by atoms with Crippen LogP contribution in [0, 0.1) is 6.92 Å². The molecular weight excluding hydrogens is 448 g/mol. The molecule has 11 nitrogen and oxygen atoms in total. The van der Waals surface area contributed by atoms with Gasteiger partial charge in [0.1, 0.15) is 6.54 Å². The zero-order valence-electron chi connectivity index (χ0n) is 16.8. The van der Waals surface area contributed by atoms with Crippen LogP contribution in [-0.2, 0) is 21.4 Å². The Balaban J connectivity index is 1.69. The van der Waals surface area contributed by atoms with Crippen LogP contribution in [0.2, 0.25) is 5.02 Å². The number of hydrogen-bond donors (Lipinski definition) is 2. The SMILES string of the molecule is COc1cc(NS(=O)(=O)c2ccc(NC(=O)Cn3cc(Cl)c(C)n3)cc2)nc(OC)n1. The molecule has 2 heterocycles. The highest BCUT2D eigenvalue weighted by molar-refractivity contribution is 7.92. The van der Waals surface area contributed by atoms with E-state index in [2.05, 4.69) is 25.1 Å². The first-order valence-electron chi connectivity index (χ1n) is 8.79. The smallest absolute Gasteiger partial charge is 0.321 e. The van der Waals surface area contributed by atoms with E-state index in [0.29, 0.717) is 16.4 Å². The average Bonchev–Trinajstić information content (AvgIpc) is 3.04. The van der Waals surface area contributed by atoms with Gasteiger partial charge in [-0.25, -0.2) is 8.42 Å². The van der Waals surface area contributed by atoms with Crippen LogP contribution in [-0.4, -0.2) is 48.3 Å². The number of nitrogens with zero attached hydrogens (tertiary/aromatic N) is 4. The number of ether oxygens (including phenoxy) is 2.